The fourth-order valence-corrected chi connectivity index (χ4v) is 10.2. The Kier molecular flexibility index (Phi) is 68.7. The Morgan fingerprint density at radius 3 is 0.865 bits per heavy atom. The number of phosphoric acid groups is 1. The summed E-state index contributed by atoms with van der Waals surface area (Å²) in [6.45, 7) is 3.51. The van der Waals surface area contributed by atoms with Gasteiger partial charge in [-0.05, 0) is 128 Å². The lowest BCUT2D eigenvalue weighted by Crippen LogP contribution is -2.29. The summed E-state index contributed by atoms with van der Waals surface area (Å²) in [5, 5.41) is 0. The lowest BCUT2D eigenvalue weighted by molar-refractivity contribution is -0.161. The van der Waals surface area contributed by atoms with Crippen LogP contribution in [0.5, 0.6) is 0 Å². The number of hydrogen-bond acceptors (Lipinski definition) is 8. The molecule has 0 rings (SSSR count). The number of carbonyl (C=O) groups is 2. The Morgan fingerprint density at radius 1 is 0.337 bits per heavy atom. The number of ether oxygens (including phenoxy) is 2. The van der Waals surface area contributed by atoms with Gasteiger partial charge in [-0.15, -0.1) is 0 Å². The van der Waals surface area contributed by atoms with Crippen molar-refractivity contribution in [3.63, 3.8) is 0 Å². The van der Waals surface area contributed by atoms with Gasteiger partial charge in [-0.1, -0.05) is 312 Å². The van der Waals surface area contributed by atoms with E-state index in [-0.39, 0.29) is 38.6 Å². The minimum absolute atomic E-state index is 0.0456. The Balaban J connectivity index is 3.93. The van der Waals surface area contributed by atoms with E-state index in [1.54, 1.807) is 0 Å². The summed E-state index contributed by atoms with van der Waals surface area (Å²) in [5.74, 6) is -0.837. The minimum Gasteiger partial charge on any atom is -0.462 e. The van der Waals surface area contributed by atoms with Crippen molar-refractivity contribution in [2.45, 2.75) is 290 Å². The summed E-state index contributed by atoms with van der Waals surface area (Å²) in [7, 11) is -4.41. The Bertz CT molecular complexity index is 2070. The quantitative estimate of drug-likeness (QED) is 0.0264. The van der Waals surface area contributed by atoms with Crippen LogP contribution in [0.15, 0.2) is 170 Å². The van der Waals surface area contributed by atoms with Gasteiger partial charge in [-0.25, -0.2) is 4.57 Å². The van der Waals surface area contributed by atoms with E-state index in [4.69, 9.17) is 24.3 Å². The molecular weight excluding hydrogens is 1120 g/mol. The molecule has 0 amide bonds. The second-order valence-electron chi connectivity index (χ2n) is 23.0. The number of esters is 2. The molecule has 0 bridgehead atoms. The maximum Gasteiger partial charge on any atom is 0.472 e. The van der Waals surface area contributed by atoms with Gasteiger partial charge in [-0.2, -0.15) is 0 Å². The average Bonchev–Trinajstić information content (AvgIpc) is 3.68. The van der Waals surface area contributed by atoms with Crippen LogP contribution < -0.4 is 5.73 Å². The maximum absolute atomic E-state index is 12.8. The van der Waals surface area contributed by atoms with E-state index in [2.05, 4.69) is 184 Å². The fraction of sp³-hybridized carbons (Fsp3) is 0.620. The SMILES string of the molecule is CC/C=C\C/C=C\C/C=C\C/C=C\C/C=C\C/C=C\C/C=C\C/C=C\CCCCCCCCCCCCCCCCC(=O)OC(COC(=O)CCCCCCCCCCCC/C=C\C/C=C\C/C=C\C/C=C\C/C=C\C/C=C\CC)COP(=O)(O)OCCN. The third-order valence-electron chi connectivity index (χ3n) is 14.6. The first kappa shape index (κ1) is 84.4. The predicted octanol–water partition coefficient (Wildman–Crippen LogP) is 23.7. The minimum atomic E-state index is -4.41. The van der Waals surface area contributed by atoms with Gasteiger partial charge < -0.3 is 20.1 Å². The zero-order valence-electron chi connectivity index (χ0n) is 56.6. The number of unbranched alkanes of at least 4 members (excludes halogenated alkanes) is 24. The molecule has 9 nitrogen and oxygen atoms in total. The third-order valence-corrected chi connectivity index (χ3v) is 15.6. The topological polar surface area (TPSA) is 134 Å². The smallest absolute Gasteiger partial charge is 0.462 e. The number of carbonyl (C=O) groups excluding carboxylic acids is 2. The van der Waals surface area contributed by atoms with Crippen LogP contribution in [0.3, 0.4) is 0 Å². The normalized spacial score (nSPS) is 14.0. The van der Waals surface area contributed by atoms with Crippen molar-refractivity contribution in [3.8, 4) is 0 Å². The second-order valence-corrected chi connectivity index (χ2v) is 24.4. The molecule has 0 aliphatic rings. The first-order valence-corrected chi connectivity index (χ1v) is 37.1. The molecule has 10 heteroatoms. The van der Waals surface area contributed by atoms with Crippen LogP contribution in [0.1, 0.15) is 284 Å². The molecule has 3 N–H and O–H groups in total. The third kappa shape index (κ3) is 72.3. The molecule has 2 unspecified atom stereocenters. The van der Waals surface area contributed by atoms with E-state index in [0.717, 1.165) is 141 Å². The molecule has 0 spiro atoms. The molecule has 0 heterocycles. The summed E-state index contributed by atoms with van der Waals surface area (Å²) < 4.78 is 33.2. The summed E-state index contributed by atoms with van der Waals surface area (Å²) >= 11 is 0. The Hall–Kier alpha value is -4.63. The molecule has 0 radical (unpaired) electrons. The van der Waals surface area contributed by atoms with Crippen LogP contribution >= 0.6 is 7.82 Å². The molecular formula is C79H130NO8P. The van der Waals surface area contributed by atoms with E-state index < -0.39 is 26.5 Å². The van der Waals surface area contributed by atoms with E-state index >= 15 is 0 Å². The molecule has 0 aromatic heterocycles. The number of allylic oxidation sites excluding steroid dienone is 28. The van der Waals surface area contributed by atoms with Crippen molar-refractivity contribution in [2.75, 3.05) is 26.4 Å². The van der Waals surface area contributed by atoms with Crippen LogP contribution in [0.4, 0.5) is 0 Å². The Labute approximate surface area is 546 Å². The van der Waals surface area contributed by atoms with Gasteiger partial charge in [0.2, 0.25) is 0 Å². The molecule has 0 aromatic carbocycles. The van der Waals surface area contributed by atoms with Crippen molar-refractivity contribution in [3.05, 3.63) is 170 Å². The molecule has 89 heavy (non-hydrogen) atoms. The summed E-state index contributed by atoms with van der Waals surface area (Å²) in [5.41, 5.74) is 5.40. The average molecular weight is 1250 g/mol. The number of hydrogen-bond donors (Lipinski definition) is 2. The van der Waals surface area contributed by atoms with Gasteiger partial charge in [0.25, 0.3) is 0 Å². The second kappa shape index (κ2) is 72.4. The zero-order chi connectivity index (χ0) is 64.4. The van der Waals surface area contributed by atoms with E-state index in [1.165, 1.54) is 109 Å². The van der Waals surface area contributed by atoms with Crippen LogP contribution in [0.25, 0.3) is 0 Å². The van der Waals surface area contributed by atoms with Crippen molar-refractivity contribution in [2.24, 2.45) is 5.73 Å². The Morgan fingerprint density at radius 2 is 0.584 bits per heavy atom. The molecule has 0 fully saturated rings. The summed E-state index contributed by atoms with van der Waals surface area (Å²) in [6.07, 6.45) is 107. The zero-order valence-corrected chi connectivity index (χ0v) is 57.5. The van der Waals surface area contributed by atoms with Crippen LogP contribution in [0.2, 0.25) is 0 Å². The first-order valence-electron chi connectivity index (χ1n) is 35.6. The summed E-state index contributed by atoms with van der Waals surface area (Å²) in [4.78, 5) is 35.4. The van der Waals surface area contributed by atoms with Crippen LogP contribution in [-0.4, -0.2) is 49.3 Å². The standard InChI is InChI=1S/C79H130NO8P/c1-3-5-7-9-11-13-15-17-19-21-23-25-27-29-31-33-34-35-36-37-38-39-40-41-42-44-46-48-50-52-54-56-58-60-62-64-66-68-70-72-79(82)88-77(76-87-89(83,84)86-74-73-80)75-85-78(81)71-69-67-65-63-61-59-57-55-53-51-49-47-45-43-32-30-28-26-24-22-20-18-16-14-12-10-8-6-4-2/h5-8,11-14,17-20,23-26,29-32,34-35,37-38,40-41,45,47,77H,3-4,9-10,15-16,21-22,27-28,33,36,39,42-44,46,48-76,80H2,1-2H3,(H,83,84)/b7-5-,8-6-,13-11-,14-12-,19-17-,20-18-,25-23-,26-24-,31-29-,32-30-,35-34-,38-37-,41-40-,47-45-. The van der Waals surface area contributed by atoms with Gasteiger partial charge in [0, 0.05) is 19.4 Å². The predicted molar refractivity (Wildman–Crippen MR) is 385 cm³/mol. The molecule has 0 saturated carbocycles. The van der Waals surface area contributed by atoms with Crippen molar-refractivity contribution >= 4 is 19.8 Å². The first-order chi connectivity index (χ1) is 43.8. The largest absolute Gasteiger partial charge is 0.472 e. The molecule has 0 saturated heterocycles. The number of rotatable bonds is 65. The number of phosphoric ester groups is 1. The van der Waals surface area contributed by atoms with Gasteiger partial charge in [0.05, 0.1) is 13.2 Å². The highest BCUT2D eigenvalue weighted by Crippen LogP contribution is 2.43. The van der Waals surface area contributed by atoms with Gasteiger partial charge >= 0.3 is 19.8 Å². The van der Waals surface area contributed by atoms with Crippen LogP contribution in [0, 0.1) is 0 Å². The lowest BCUT2D eigenvalue weighted by atomic mass is 10.0. The van der Waals surface area contributed by atoms with Gasteiger partial charge in [0.1, 0.15) is 6.61 Å². The van der Waals surface area contributed by atoms with Crippen molar-refractivity contribution < 1.29 is 37.6 Å². The van der Waals surface area contributed by atoms with E-state index in [9.17, 15) is 19.0 Å². The maximum atomic E-state index is 12.8. The fourth-order valence-electron chi connectivity index (χ4n) is 9.42. The van der Waals surface area contributed by atoms with Crippen LogP contribution in [-0.2, 0) is 32.7 Å². The van der Waals surface area contributed by atoms with E-state index in [1.807, 2.05) is 0 Å². The summed E-state index contributed by atoms with van der Waals surface area (Å²) in [6, 6.07) is 0. The molecule has 2 atom stereocenters. The molecule has 0 aliphatic carbocycles. The highest BCUT2D eigenvalue weighted by Gasteiger charge is 2.26. The van der Waals surface area contributed by atoms with Gasteiger partial charge in [0.15, 0.2) is 6.10 Å². The highest BCUT2D eigenvalue weighted by molar-refractivity contribution is 7.47. The van der Waals surface area contributed by atoms with Gasteiger partial charge in [-0.3, -0.25) is 18.6 Å². The number of nitrogens with two attached hydrogens (primary N) is 1. The lowest BCUT2D eigenvalue weighted by Gasteiger charge is -2.19. The highest BCUT2D eigenvalue weighted by atomic mass is 31.2. The van der Waals surface area contributed by atoms with Crippen molar-refractivity contribution in [1.29, 1.82) is 0 Å². The van der Waals surface area contributed by atoms with Crippen molar-refractivity contribution in [1.82, 2.24) is 0 Å². The van der Waals surface area contributed by atoms with E-state index in [0.29, 0.717) is 6.42 Å². The molecule has 504 valence electrons. The molecule has 0 aliphatic heterocycles. The monoisotopic (exact) mass is 1250 g/mol. The molecule has 0 aromatic rings.